The number of carbonyl (C=O) groups is 1. The summed E-state index contributed by atoms with van der Waals surface area (Å²) in [6.07, 6.45) is 6.46. The van der Waals surface area contributed by atoms with Crippen molar-refractivity contribution in [3.63, 3.8) is 0 Å². The molecular weight excluding hydrogens is 260 g/mol. The van der Waals surface area contributed by atoms with Gasteiger partial charge in [-0.05, 0) is 50.3 Å². The van der Waals surface area contributed by atoms with Crippen molar-refractivity contribution in [2.24, 2.45) is 5.92 Å². The minimum atomic E-state index is 0.0104. The normalized spacial score (nSPS) is 21.9. The molecule has 1 aliphatic rings. The molecule has 2 unspecified atom stereocenters. The van der Waals surface area contributed by atoms with Gasteiger partial charge in [0.25, 0.3) is 5.91 Å². The van der Waals surface area contributed by atoms with E-state index in [1.807, 2.05) is 25.1 Å². The van der Waals surface area contributed by atoms with Gasteiger partial charge in [0.15, 0.2) is 0 Å². The molecule has 0 saturated heterocycles. The van der Waals surface area contributed by atoms with E-state index in [0.717, 1.165) is 17.2 Å². The van der Waals surface area contributed by atoms with Crippen LogP contribution >= 0.6 is 0 Å². The molecule has 0 aliphatic heterocycles. The largest absolute Gasteiger partial charge is 0.382 e. The number of rotatable bonds is 5. The molecule has 3 heteroatoms. The van der Waals surface area contributed by atoms with Crippen LogP contribution in [0.1, 0.15) is 61.9 Å². The van der Waals surface area contributed by atoms with Crippen LogP contribution in [-0.2, 0) is 0 Å². The number of anilines is 1. The monoisotopic (exact) mass is 288 g/mol. The average Bonchev–Trinajstić information content (AvgIpc) is 2.50. The van der Waals surface area contributed by atoms with Crippen LogP contribution < -0.4 is 10.6 Å². The van der Waals surface area contributed by atoms with E-state index in [1.54, 1.807) is 0 Å². The zero-order chi connectivity index (χ0) is 15.2. The average molecular weight is 288 g/mol. The molecule has 0 bridgehead atoms. The van der Waals surface area contributed by atoms with Gasteiger partial charge >= 0.3 is 0 Å². The number of aryl methyl sites for hydroxylation is 1. The van der Waals surface area contributed by atoms with Gasteiger partial charge in [-0.3, -0.25) is 4.79 Å². The molecule has 2 atom stereocenters. The van der Waals surface area contributed by atoms with Crippen molar-refractivity contribution in [3.05, 3.63) is 29.3 Å². The smallest absolute Gasteiger partial charge is 0.251 e. The van der Waals surface area contributed by atoms with E-state index in [-0.39, 0.29) is 5.91 Å². The lowest BCUT2D eigenvalue weighted by molar-refractivity contribution is 0.0956. The van der Waals surface area contributed by atoms with Gasteiger partial charge in [0.1, 0.15) is 0 Å². The molecule has 1 fully saturated rings. The second-order valence-electron chi connectivity index (χ2n) is 6.09. The van der Waals surface area contributed by atoms with Crippen molar-refractivity contribution in [1.82, 2.24) is 5.32 Å². The van der Waals surface area contributed by atoms with Crippen molar-refractivity contribution in [2.45, 2.75) is 58.9 Å². The van der Waals surface area contributed by atoms with Crippen LogP contribution in [0.2, 0.25) is 0 Å². The van der Waals surface area contributed by atoms with E-state index in [0.29, 0.717) is 12.6 Å². The van der Waals surface area contributed by atoms with Crippen molar-refractivity contribution >= 4 is 11.6 Å². The second kappa shape index (κ2) is 7.48. The molecule has 0 aromatic heterocycles. The Labute approximate surface area is 128 Å². The maximum atomic E-state index is 12.0. The third-order valence-electron chi connectivity index (χ3n) is 4.61. The maximum absolute atomic E-state index is 12.0. The minimum absolute atomic E-state index is 0.0104. The van der Waals surface area contributed by atoms with E-state index in [4.69, 9.17) is 0 Å². The van der Waals surface area contributed by atoms with Gasteiger partial charge in [-0.1, -0.05) is 32.3 Å². The fraction of sp³-hybridized carbons (Fsp3) is 0.611. The van der Waals surface area contributed by atoms with Crippen molar-refractivity contribution < 1.29 is 4.79 Å². The third kappa shape index (κ3) is 3.99. The van der Waals surface area contributed by atoms with Gasteiger partial charge < -0.3 is 10.6 Å². The third-order valence-corrected chi connectivity index (χ3v) is 4.61. The van der Waals surface area contributed by atoms with Crippen LogP contribution in [0.15, 0.2) is 18.2 Å². The van der Waals surface area contributed by atoms with Crippen LogP contribution in [0.5, 0.6) is 0 Å². The maximum Gasteiger partial charge on any atom is 0.251 e. The summed E-state index contributed by atoms with van der Waals surface area (Å²) < 4.78 is 0. The Hall–Kier alpha value is -1.51. The van der Waals surface area contributed by atoms with Gasteiger partial charge in [0.05, 0.1) is 0 Å². The lowest BCUT2D eigenvalue weighted by Gasteiger charge is -2.33. The molecule has 0 radical (unpaired) electrons. The molecule has 1 amide bonds. The Balaban J connectivity index is 2.14. The van der Waals surface area contributed by atoms with Gasteiger partial charge in [0.2, 0.25) is 0 Å². The van der Waals surface area contributed by atoms with Crippen LogP contribution in [0.3, 0.4) is 0 Å². The predicted molar refractivity (Wildman–Crippen MR) is 88.8 cm³/mol. The van der Waals surface area contributed by atoms with Gasteiger partial charge in [-0.2, -0.15) is 0 Å². The highest BCUT2D eigenvalue weighted by Gasteiger charge is 2.24. The molecule has 21 heavy (non-hydrogen) atoms. The number of carbonyl (C=O) groups excluding carboxylic acids is 1. The van der Waals surface area contributed by atoms with E-state index >= 15 is 0 Å². The molecule has 2 rings (SSSR count). The number of nitrogens with one attached hydrogen (secondary N) is 2. The molecule has 0 heterocycles. The molecule has 0 spiro atoms. The summed E-state index contributed by atoms with van der Waals surface area (Å²) in [5.74, 6) is 0.766. The summed E-state index contributed by atoms with van der Waals surface area (Å²) in [5, 5.41) is 6.57. The lowest BCUT2D eigenvalue weighted by atomic mass is 9.82. The summed E-state index contributed by atoms with van der Waals surface area (Å²) in [5.41, 5.74) is 3.07. The number of hydrogen-bond donors (Lipinski definition) is 2. The standard InChI is InChI=1S/C18H28N2O/c1-4-14-8-6-7-9-16(14)20-17-12-15(11-10-13(17)3)18(21)19-5-2/h10-12,14,16,20H,4-9H2,1-3H3,(H,19,21). The molecule has 3 nitrogen and oxygen atoms in total. The van der Waals surface area contributed by atoms with E-state index in [2.05, 4.69) is 24.5 Å². The summed E-state index contributed by atoms with van der Waals surface area (Å²) in [7, 11) is 0. The predicted octanol–water partition coefficient (Wildman–Crippen LogP) is 4.13. The van der Waals surface area contributed by atoms with Crippen LogP contribution in [0.4, 0.5) is 5.69 Å². The zero-order valence-electron chi connectivity index (χ0n) is 13.5. The fourth-order valence-corrected chi connectivity index (χ4v) is 3.27. The first-order valence-electron chi connectivity index (χ1n) is 8.31. The van der Waals surface area contributed by atoms with Gasteiger partial charge in [0, 0.05) is 23.8 Å². The molecule has 1 aromatic carbocycles. The van der Waals surface area contributed by atoms with Crippen molar-refractivity contribution in [2.75, 3.05) is 11.9 Å². The molecule has 1 aromatic rings. The first-order chi connectivity index (χ1) is 10.2. The number of benzene rings is 1. The Morgan fingerprint density at radius 3 is 2.71 bits per heavy atom. The lowest BCUT2D eigenvalue weighted by Crippen LogP contribution is -2.32. The molecular formula is C18H28N2O. The first kappa shape index (κ1) is 15.9. The Bertz CT molecular complexity index is 484. The van der Waals surface area contributed by atoms with Crippen LogP contribution in [0.25, 0.3) is 0 Å². The molecule has 116 valence electrons. The highest BCUT2D eigenvalue weighted by Crippen LogP contribution is 2.30. The molecule has 1 saturated carbocycles. The highest BCUT2D eigenvalue weighted by molar-refractivity contribution is 5.95. The quantitative estimate of drug-likeness (QED) is 0.855. The van der Waals surface area contributed by atoms with E-state index in [9.17, 15) is 4.79 Å². The van der Waals surface area contributed by atoms with E-state index < -0.39 is 0 Å². The summed E-state index contributed by atoms with van der Waals surface area (Å²) in [6, 6.07) is 6.49. The number of amides is 1. The van der Waals surface area contributed by atoms with E-state index in [1.165, 1.54) is 37.7 Å². The van der Waals surface area contributed by atoms with Crippen molar-refractivity contribution in [3.8, 4) is 0 Å². The van der Waals surface area contributed by atoms with Gasteiger partial charge in [-0.25, -0.2) is 0 Å². The molecule has 2 N–H and O–H groups in total. The first-order valence-corrected chi connectivity index (χ1v) is 8.31. The molecule has 1 aliphatic carbocycles. The Morgan fingerprint density at radius 2 is 2.00 bits per heavy atom. The number of hydrogen-bond acceptors (Lipinski definition) is 2. The topological polar surface area (TPSA) is 41.1 Å². The van der Waals surface area contributed by atoms with Crippen LogP contribution in [-0.4, -0.2) is 18.5 Å². The SMILES string of the molecule is CCNC(=O)c1ccc(C)c(NC2CCCCC2CC)c1. The van der Waals surface area contributed by atoms with Gasteiger partial charge in [-0.15, -0.1) is 0 Å². The highest BCUT2D eigenvalue weighted by atomic mass is 16.1. The summed E-state index contributed by atoms with van der Waals surface area (Å²) >= 11 is 0. The summed E-state index contributed by atoms with van der Waals surface area (Å²) in [4.78, 5) is 12.0. The Kier molecular flexibility index (Phi) is 5.66. The van der Waals surface area contributed by atoms with Crippen molar-refractivity contribution in [1.29, 1.82) is 0 Å². The fourth-order valence-electron chi connectivity index (χ4n) is 3.27. The minimum Gasteiger partial charge on any atom is -0.382 e. The van der Waals surface area contributed by atoms with Crippen LogP contribution in [0, 0.1) is 12.8 Å². The Morgan fingerprint density at radius 1 is 1.24 bits per heavy atom. The zero-order valence-corrected chi connectivity index (χ0v) is 13.5. The second-order valence-corrected chi connectivity index (χ2v) is 6.09. The summed E-state index contributed by atoms with van der Waals surface area (Å²) in [6.45, 7) is 6.99.